The van der Waals surface area contributed by atoms with E-state index in [9.17, 15) is 14.3 Å². The van der Waals surface area contributed by atoms with Gasteiger partial charge in [0, 0.05) is 12.6 Å². The predicted molar refractivity (Wildman–Crippen MR) is 79.8 cm³/mol. The molecule has 0 aliphatic carbocycles. The van der Waals surface area contributed by atoms with Crippen LogP contribution < -0.4 is 5.32 Å². The Morgan fingerprint density at radius 2 is 2.10 bits per heavy atom. The van der Waals surface area contributed by atoms with Gasteiger partial charge in [-0.1, -0.05) is 0 Å². The highest BCUT2D eigenvalue weighted by molar-refractivity contribution is 5.97. The fraction of sp³-hybridized carbons (Fsp3) is 0.562. The molecule has 1 fully saturated rings. The van der Waals surface area contributed by atoms with Crippen molar-refractivity contribution in [1.82, 2.24) is 10.2 Å². The Morgan fingerprint density at radius 1 is 1.43 bits per heavy atom. The zero-order valence-corrected chi connectivity index (χ0v) is 12.6. The van der Waals surface area contributed by atoms with E-state index in [1.807, 2.05) is 13.8 Å². The molecule has 0 atom stereocenters. The van der Waals surface area contributed by atoms with E-state index in [0.717, 1.165) is 38.1 Å². The monoisotopic (exact) mass is 294 g/mol. The first-order valence-corrected chi connectivity index (χ1v) is 7.49. The number of halogens is 1. The van der Waals surface area contributed by atoms with Crippen LogP contribution in [0, 0.1) is 11.7 Å². The summed E-state index contributed by atoms with van der Waals surface area (Å²) in [5, 5.41) is 13.1. The van der Waals surface area contributed by atoms with Gasteiger partial charge in [-0.25, -0.2) is 4.39 Å². The fourth-order valence-corrected chi connectivity index (χ4v) is 2.70. The van der Waals surface area contributed by atoms with Crippen LogP contribution in [-0.2, 0) is 0 Å². The van der Waals surface area contributed by atoms with Crippen LogP contribution in [-0.4, -0.2) is 41.6 Å². The summed E-state index contributed by atoms with van der Waals surface area (Å²) >= 11 is 0. The number of nitrogens with zero attached hydrogens (tertiary/aromatic N) is 1. The largest absolute Gasteiger partial charge is 0.507 e. The summed E-state index contributed by atoms with van der Waals surface area (Å²) in [5.74, 6) is -0.534. The van der Waals surface area contributed by atoms with Gasteiger partial charge in [0.2, 0.25) is 0 Å². The molecule has 1 saturated heterocycles. The number of piperidine rings is 1. The first-order chi connectivity index (χ1) is 9.99. The number of amides is 1. The molecule has 1 aromatic rings. The molecular weight excluding hydrogens is 271 g/mol. The van der Waals surface area contributed by atoms with Crippen molar-refractivity contribution in [1.29, 1.82) is 0 Å². The first-order valence-electron chi connectivity index (χ1n) is 7.49. The molecule has 4 nitrogen and oxygen atoms in total. The van der Waals surface area contributed by atoms with Crippen LogP contribution in [0.1, 0.15) is 37.0 Å². The van der Waals surface area contributed by atoms with E-state index in [4.69, 9.17) is 0 Å². The SMILES string of the molecule is CC(C)N(CC1CCNCC1)C(=O)c1cc(F)ccc1O. The van der Waals surface area contributed by atoms with Crippen LogP contribution in [0.5, 0.6) is 5.75 Å². The van der Waals surface area contributed by atoms with E-state index in [1.54, 1.807) is 4.90 Å². The van der Waals surface area contributed by atoms with Crippen molar-refractivity contribution < 1.29 is 14.3 Å². The summed E-state index contributed by atoms with van der Waals surface area (Å²) in [4.78, 5) is 14.3. The number of phenols is 1. The predicted octanol–water partition coefficient (Wildman–Crippen LogP) is 2.38. The Hall–Kier alpha value is -1.62. The number of rotatable bonds is 4. The van der Waals surface area contributed by atoms with Gasteiger partial charge in [0.15, 0.2) is 0 Å². The summed E-state index contributed by atoms with van der Waals surface area (Å²) < 4.78 is 13.3. The Balaban J connectivity index is 2.16. The molecule has 2 rings (SSSR count). The number of benzene rings is 1. The zero-order valence-electron chi connectivity index (χ0n) is 12.6. The third kappa shape index (κ3) is 3.94. The third-order valence-electron chi connectivity index (χ3n) is 3.99. The number of nitrogens with one attached hydrogen (secondary N) is 1. The second-order valence-corrected chi connectivity index (χ2v) is 5.91. The summed E-state index contributed by atoms with van der Waals surface area (Å²) in [6.07, 6.45) is 2.07. The van der Waals surface area contributed by atoms with E-state index in [-0.39, 0.29) is 23.3 Å². The van der Waals surface area contributed by atoms with Crippen LogP contribution in [0.15, 0.2) is 18.2 Å². The second kappa shape index (κ2) is 6.89. The van der Waals surface area contributed by atoms with Gasteiger partial charge < -0.3 is 15.3 Å². The normalized spacial score (nSPS) is 16.2. The average Bonchev–Trinajstić information content (AvgIpc) is 2.47. The standard InChI is InChI=1S/C16H23FN2O2/c1-11(2)19(10-12-5-7-18-8-6-12)16(21)14-9-13(17)3-4-15(14)20/h3-4,9,11-12,18,20H,5-8,10H2,1-2H3. The first kappa shape index (κ1) is 15.8. The smallest absolute Gasteiger partial charge is 0.257 e. The molecule has 1 heterocycles. The summed E-state index contributed by atoms with van der Waals surface area (Å²) in [5.41, 5.74) is 0.0395. The maximum atomic E-state index is 13.3. The fourth-order valence-electron chi connectivity index (χ4n) is 2.70. The molecular formula is C16H23FN2O2. The lowest BCUT2D eigenvalue weighted by molar-refractivity contribution is 0.0654. The van der Waals surface area contributed by atoms with Crippen molar-refractivity contribution in [3.05, 3.63) is 29.6 Å². The summed E-state index contributed by atoms with van der Waals surface area (Å²) in [6, 6.07) is 3.50. The summed E-state index contributed by atoms with van der Waals surface area (Å²) in [6.45, 7) is 6.46. The molecule has 116 valence electrons. The van der Waals surface area contributed by atoms with Crippen molar-refractivity contribution in [2.24, 2.45) is 5.92 Å². The minimum Gasteiger partial charge on any atom is -0.507 e. The lowest BCUT2D eigenvalue weighted by atomic mass is 9.96. The molecule has 0 radical (unpaired) electrons. The van der Waals surface area contributed by atoms with Gasteiger partial charge in [0.05, 0.1) is 5.56 Å². The Labute approximate surface area is 125 Å². The van der Waals surface area contributed by atoms with Crippen molar-refractivity contribution in [3.8, 4) is 5.75 Å². The topological polar surface area (TPSA) is 52.6 Å². The quantitative estimate of drug-likeness (QED) is 0.896. The van der Waals surface area contributed by atoms with Crippen molar-refractivity contribution in [2.75, 3.05) is 19.6 Å². The molecule has 0 saturated carbocycles. The van der Waals surface area contributed by atoms with Gasteiger partial charge in [-0.05, 0) is 63.9 Å². The lowest BCUT2D eigenvalue weighted by Gasteiger charge is -2.33. The van der Waals surface area contributed by atoms with Crippen LogP contribution >= 0.6 is 0 Å². The average molecular weight is 294 g/mol. The molecule has 0 aromatic heterocycles. The minimum absolute atomic E-state index is 0.00931. The number of carbonyl (C=O) groups is 1. The molecule has 0 bridgehead atoms. The molecule has 2 N–H and O–H groups in total. The second-order valence-electron chi connectivity index (χ2n) is 5.91. The van der Waals surface area contributed by atoms with Crippen LogP contribution in [0.2, 0.25) is 0 Å². The molecule has 21 heavy (non-hydrogen) atoms. The maximum Gasteiger partial charge on any atom is 0.257 e. The number of aromatic hydroxyl groups is 1. The molecule has 1 amide bonds. The molecule has 5 heteroatoms. The molecule has 1 aromatic carbocycles. The van der Waals surface area contributed by atoms with Gasteiger partial charge in [-0.2, -0.15) is 0 Å². The van der Waals surface area contributed by atoms with Crippen LogP contribution in [0.25, 0.3) is 0 Å². The van der Waals surface area contributed by atoms with Gasteiger partial charge in [-0.15, -0.1) is 0 Å². The van der Waals surface area contributed by atoms with Gasteiger partial charge in [0.1, 0.15) is 11.6 Å². The lowest BCUT2D eigenvalue weighted by Crippen LogP contribution is -2.43. The van der Waals surface area contributed by atoms with E-state index in [2.05, 4.69) is 5.32 Å². The number of hydrogen-bond acceptors (Lipinski definition) is 3. The van der Waals surface area contributed by atoms with Crippen LogP contribution in [0.4, 0.5) is 4.39 Å². The molecule has 0 spiro atoms. The Kier molecular flexibility index (Phi) is 5.17. The van der Waals surface area contributed by atoms with E-state index in [0.29, 0.717) is 12.5 Å². The Bertz CT molecular complexity index is 499. The van der Waals surface area contributed by atoms with Crippen LogP contribution in [0.3, 0.4) is 0 Å². The van der Waals surface area contributed by atoms with Gasteiger partial charge in [0.25, 0.3) is 5.91 Å². The minimum atomic E-state index is -0.512. The van der Waals surface area contributed by atoms with Crippen molar-refractivity contribution in [3.63, 3.8) is 0 Å². The van der Waals surface area contributed by atoms with Crippen molar-refractivity contribution in [2.45, 2.75) is 32.7 Å². The number of carbonyl (C=O) groups excluding carboxylic acids is 1. The Morgan fingerprint density at radius 3 is 2.71 bits per heavy atom. The highest BCUT2D eigenvalue weighted by Gasteiger charge is 2.25. The zero-order chi connectivity index (χ0) is 15.4. The third-order valence-corrected chi connectivity index (χ3v) is 3.99. The van der Waals surface area contributed by atoms with E-state index in [1.165, 1.54) is 6.07 Å². The summed E-state index contributed by atoms with van der Waals surface area (Å²) in [7, 11) is 0. The highest BCUT2D eigenvalue weighted by Crippen LogP contribution is 2.23. The number of phenolic OH excluding ortho intramolecular Hbond substituents is 1. The van der Waals surface area contributed by atoms with Crippen molar-refractivity contribution >= 4 is 5.91 Å². The van der Waals surface area contributed by atoms with Gasteiger partial charge in [-0.3, -0.25) is 4.79 Å². The maximum absolute atomic E-state index is 13.3. The highest BCUT2D eigenvalue weighted by atomic mass is 19.1. The van der Waals surface area contributed by atoms with Gasteiger partial charge >= 0.3 is 0 Å². The van der Waals surface area contributed by atoms with E-state index >= 15 is 0 Å². The molecule has 1 aliphatic rings. The molecule has 1 aliphatic heterocycles. The number of hydrogen-bond donors (Lipinski definition) is 2. The van der Waals surface area contributed by atoms with E-state index < -0.39 is 5.82 Å². The molecule has 0 unspecified atom stereocenters.